The first-order valence-electron chi connectivity index (χ1n) is 5.69. The molecule has 1 aliphatic rings. The molecule has 1 heterocycles. The number of nitrogens with zero attached hydrogens (tertiary/aromatic N) is 2. The van der Waals surface area contributed by atoms with Gasteiger partial charge >= 0.3 is 0 Å². The van der Waals surface area contributed by atoms with Crippen LogP contribution in [0.3, 0.4) is 0 Å². The van der Waals surface area contributed by atoms with Gasteiger partial charge in [0.15, 0.2) is 5.82 Å². The van der Waals surface area contributed by atoms with Crippen LogP contribution in [-0.2, 0) is 0 Å². The van der Waals surface area contributed by atoms with Crippen LogP contribution in [0.4, 0.5) is 0 Å². The largest absolute Gasteiger partial charge is 0.339 e. The zero-order valence-corrected chi connectivity index (χ0v) is 11.8. The van der Waals surface area contributed by atoms with Crippen molar-refractivity contribution in [2.75, 3.05) is 0 Å². The summed E-state index contributed by atoms with van der Waals surface area (Å²) in [6, 6.07) is 5.10. The van der Waals surface area contributed by atoms with Crippen molar-refractivity contribution in [3.63, 3.8) is 0 Å². The topological polar surface area (TPSA) is 64.9 Å². The van der Waals surface area contributed by atoms with Gasteiger partial charge in [-0.2, -0.15) is 4.98 Å². The van der Waals surface area contributed by atoms with E-state index in [2.05, 4.69) is 26.1 Å². The van der Waals surface area contributed by atoms with E-state index in [1.807, 2.05) is 12.1 Å². The first-order valence-corrected chi connectivity index (χ1v) is 6.86. The fourth-order valence-corrected chi connectivity index (χ4v) is 2.55. The molecule has 0 radical (unpaired) electrons. The minimum atomic E-state index is -0.457. The number of halogens is 2. The van der Waals surface area contributed by atoms with E-state index in [0.29, 0.717) is 22.7 Å². The minimum Gasteiger partial charge on any atom is -0.339 e. The first kappa shape index (κ1) is 12.1. The molecular formula is C12H11BrClN3O. The predicted octanol–water partition coefficient (Wildman–Crippen LogP) is 3.41. The molecule has 0 bridgehead atoms. The van der Waals surface area contributed by atoms with E-state index < -0.39 is 6.04 Å². The molecule has 18 heavy (non-hydrogen) atoms. The number of aromatic nitrogens is 2. The minimum absolute atomic E-state index is 0.429. The van der Waals surface area contributed by atoms with E-state index in [4.69, 9.17) is 21.9 Å². The van der Waals surface area contributed by atoms with Crippen molar-refractivity contribution in [1.29, 1.82) is 0 Å². The maximum Gasteiger partial charge on any atom is 0.229 e. The van der Waals surface area contributed by atoms with Crippen LogP contribution in [0.1, 0.15) is 42.1 Å². The Hall–Kier alpha value is -0.910. The van der Waals surface area contributed by atoms with Gasteiger partial charge in [0, 0.05) is 15.4 Å². The second-order valence-electron chi connectivity index (χ2n) is 4.41. The quantitative estimate of drug-likeness (QED) is 0.937. The molecule has 2 N–H and O–H groups in total. The Morgan fingerprint density at radius 1 is 1.44 bits per heavy atom. The SMILES string of the molecule is NC(c1noc(C2CC2)n1)c1ccc(Br)cc1Cl. The molecule has 1 aromatic carbocycles. The van der Waals surface area contributed by atoms with E-state index in [0.717, 1.165) is 22.9 Å². The van der Waals surface area contributed by atoms with Gasteiger partial charge in [-0.3, -0.25) is 0 Å². The van der Waals surface area contributed by atoms with Gasteiger partial charge in [0.05, 0.1) is 6.04 Å². The lowest BCUT2D eigenvalue weighted by Crippen LogP contribution is -2.14. The fraction of sp³-hybridized carbons (Fsp3) is 0.333. The molecule has 1 saturated carbocycles. The standard InChI is InChI=1S/C12H11BrClN3O/c13-7-3-4-8(9(14)5-7)10(15)11-16-12(18-17-11)6-1-2-6/h3-6,10H,1-2,15H2. The summed E-state index contributed by atoms with van der Waals surface area (Å²) in [6.07, 6.45) is 2.24. The molecule has 1 aliphatic carbocycles. The number of nitrogens with two attached hydrogens (primary N) is 1. The Bertz CT molecular complexity index is 582. The number of hydrogen-bond donors (Lipinski definition) is 1. The second kappa shape index (κ2) is 4.64. The normalized spacial score (nSPS) is 16.8. The molecule has 1 fully saturated rings. The van der Waals surface area contributed by atoms with E-state index in [1.54, 1.807) is 6.07 Å². The lowest BCUT2D eigenvalue weighted by Gasteiger charge is -2.09. The summed E-state index contributed by atoms with van der Waals surface area (Å²) in [5.41, 5.74) is 6.91. The Labute approximate surface area is 118 Å². The van der Waals surface area contributed by atoms with E-state index in [-0.39, 0.29) is 0 Å². The lowest BCUT2D eigenvalue weighted by atomic mass is 10.1. The van der Waals surface area contributed by atoms with E-state index in [9.17, 15) is 0 Å². The molecular weight excluding hydrogens is 318 g/mol. The van der Waals surface area contributed by atoms with Crippen LogP contribution in [-0.4, -0.2) is 10.1 Å². The van der Waals surface area contributed by atoms with Gasteiger partial charge in [-0.1, -0.05) is 38.8 Å². The van der Waals surface area contributed by atoms with Crippen LogP contribution in [0.5, 0.6) is 0 Å². The van der Waals surface area contributed by atoms with Gasteiger partial charge in [-0.05, 0) is 30.5 Å². The van der Waals surface area contributed by atoms with Crippen LogP contribution in [0.15, 0.2) is 27.2 Å². The summed E-state index contributed by atoms with van der Waals surface area (Å²) in [6.45, 7) is 0. The van der Waals surface area contributed by atoms with Gasteiger partial charge in [-0.15, -0.1) is 0 Å². The first-order chi connectivity index (χ1) is 8.65. The molecule has 4 nitrogen and oxygen atoms in total. The number of benzene rings is 1. The summed E-state index contributed by atoms with van der Waals surface area (Å²) >= 11 is 9.52. The van der Waals surface area contributed by atoms with Gasteiger partial charge in [0.25, 0.3) is 0 Å². The van der Waals surface area contributed by atoms with Crippen molar-refractivity contribution in [3.05, 3.63) is 45.0 Å². The Balaban J connectivity index is 1.89. The zero-order chi connectivity index (χ0) is 12.7. The van der Waals surface area contributed by atoms with Crippen molar-refractivity contribution in [1.82, 2.24) is 10.1 Å². The Morgan fingerprint density at radius 3 is 2.89 bits per heavy atom. The van der Waals surface area contributed by atoms with Crippen LogP contribution in [0.25, 0.3) is 0 Å². The zero-order valence-electron chi connectivity index (χ0n) is 9.44. The highest BCUT2D eigenvalue weighted by Gasteiger charge is 2.30. The molecule has 2 aromatic rings. The molecule has 0 amide bonds. The van der Waals surface area contributed by atoms with Gasteiger partial charge in [-0.25, -0.2) is 0 Å². The maximum absolute atomic E-state index is 6.16. The van der Waals surface area contributed by atoms with E-state index in [1.165, 1.54) is 0 Å². The number of hydrogen-bond acceptors (Lipinski definition) is 4. The van der Waals surface area contributed by atoms with Crippen molar-refractivity contribution < 1.29 is 4.52 Å². The third kappa shape index (κ3) is 2.30. The third-order valence-electron chi connectivity index (χ3n) is 2.96. The summed E-state index contributed by atoms with van der Waals surface area (Å²) in [5, 5.41) is 4.53. The van der Waals surface area contributed by atoms with Crippen LogP contribution in [0.2, 0.25) is 5.02 Å². The van der Waals surface area contributed by atoms with Gasteiger partial charge in [0.2, 0.25) is 5.89 Å². The van der Waals surface area contributed by atoms with Crippen LogP contribution < -0.4 is 5.73 Å². The van der Waals surface area contributed by atoms with Crippen molar-refractivity contribution >= 4 is 27.5 Å². The monoisotopic (exact) mass is 327 g/mol. The van der Waals surface area contributed by atoms with Gasteiger partial charge in [0.1, 0.15) is 0 Å². The van der Waals surface area contributed by atoms with Crippen LogP contribution >= 0.6 is 27.5 Å². The number of rotatable bonds is 3. The molecule has 1 unspecified atom stereocenters. The highest BCUT2D eigenvalue weighted by atomic mass is 79.9. The van der Waals surface area contributed by atoms with E-state index >= 15 is 0 Å². The highest BCUT2D eigenvalue weighted by molar-refractivity contribution is 9.10. The summed E-state index contributed by atoms with van der Waals surface area (Å²) < 4.78 is 6.11. The highest BCUT2D eigenvalue weighted by Crippen LogP contribution is 2.39. The molecule has 0 saturated heterocycles. The fourth-order valence-electron chi connectivity index (χ4n) is 1.76. The molecule has 94 valence electrons. The van der Waals surface area contributed by atoms with Gasteiger partial charge < -0.3 is 10.3 Å². The molecule has 0 spiro atoms. The third-order valence-corrected chi connectivity index (χ3v) is 3.78. The predicted molar refractivity (Wildman–Crippen MR) is 71.5 cm³/mol. The smallest absolute Gasteiger partial charge is 0.229 e. The van der Waals surface area contributed by atoms with Crippen molar-refractivity contribution in [2.45, 2.75) is 24.8 Å². The summed E-state index contributed by atoms with van der Waals surface area (Å²) in [4.78, 5) is 4.34. The Morgan fingerprint density at radius 2 is 2.22 bits per heavy atom. The summed E-state index contributed by atoms with van der Waals surface area (Å²) in [7, 11) is 0. The molecule has 1 atom stereocenters. The van der Waals surface area contributed by atoms with Crippen molar-refractivity contribution in [2.24, 2.45) is 5.73 Å². The second-order valence-corrected chi connectivity index (χ2v) is 5.73. The summed E-state index contributed by atoms with van der Waals surface area (Å²) in [5.74, 6) is 1.61. The molecule has 3 rings (SSSR count). The molecule has 6 heteroatoms. The molecule has 0 aliphatic heterocycles. The lowest BCUT2D eigenvalue weighted by molar-refractivity contribution is 0.372. The van der Waals surface area contributed by atoms with Crippen molar-refractivity contribution in [3.8, 4) is 0 Å². The maximum atomic E-state index is 6.16. The molecule has 1 aromatic heterocycles. The average Bonchev–Trinajstić information content (AvgIpc) is 3.06. The Kier molecular flexibility index (Phi) is 3.13. The average molecular weight is 329 g/mol. The van der Waals surface area contributed by atoms with Crippen LogP contribution in [0, 0.1) is 0 Å².